The van der Waals surface area contributed by atoms with Gasteiger partial charge in [-0.25, -0.2) is 0 Å². The lowest BCUT2D eigenvalue weighted by Crippen LogP contribution is -2.31. The van der Waals surface area contributed by atoms with Gasteiger partial charge in [0.15, 0.2) is 0 Å². The van der Waals surface area contributed by atoms with Crippen LogP contribution in [-0.4, -0.2) is 25.2 Å². The van der Waals surface area contributed by atoms with Gasteiger partial charge in [0.2, 0.25) is 5.91 Å². The minimum atomic E-state index is 0. The lowest BCUT2D eigenvalue weighted by molar-refractivity contribution is -0.121. The Bertz CT molecular complexity index is 482. The number of hydrogen-bond donors (Lipinski definition) is 2. The maximum Gasteiger partial charge on any atom is 0.220 e. The summed E-state index contributed by atoms with van der Waals surface area (Å²) in [5, 5.41) is 2.92. The first-order valence-electron chi connectivity index (χ1n) is 8.38. The highest BCUT2D eigenvalue weighted by Gasteiger charge is 2.21. The van der Waals surface area contributed by atoms with Gasteiger partial charge < -0.3 is 15.8 Å². The Morgan fingerprint density at radius 3 is 2.78 bits per heavy atom. The molecule has 0 saturated heterocycles. The third-order valence-corrected chi connectivity index (χ3v) is 4.47. The van der Waals surface area contributed by atoms with E-state index in [0.29, 0.717) is 38.0 Å². The zero-order valence-corrected chi connectivity index (χ0v) is 14.7. The van der Waals surface area contributed by atoms with Crippen molar-refractivity contribution in [1.29, 1.82) is 0 Å². The Hall–Kier alpha value is -1.26. The van der Waals surface area contributed by atoms with E-state index in [1.54, 1.807) is 0 Å². The number of para-hydroxylation sites is 1. The zero-order valence-electron chi connectivity index (χ0n) is 13.9. The predicted molar refractivity (Wildman–Crippen MR) is 96.8 cm³/mol. The SMILES string of the molecule is CC1CCCCC1OCCNC(=O)CCc1ccccc1N.Cl. The third-order valence-electron chi connectivity index (χ3n) is 4.47. The lowest BCUT2D eigenvalue weighted by atomic mass is 9.88. The number of halogens is 1. The molecule has 130 valence electrons. The summed E-state index contributed by atoms with van der Waals surface area (Å²) >= 11 is 0. The topological polar surface area (TPSA) is 64.3 Å². The minimum absolute atomic E-state index is 0. The van der Waals surface area contributed by atoms with E-state index >= 15 is 0 Å². The van der Waals surface area contributed by atoms with Crippen molar-refractivity contribution in [1.82, 2.24) is 5.32 Å². The van der Waals surface area contributed by atoms with E-state index in [9.17, 15) is 4.79 Å². The maximum atomic E-state index is 11.8. The maximum absolute atomic E-state index is 11.8. The van der Waals surface area contributed by atoms with Gasteiger partial charge in [-0.15, -0.1) is 12.4 Å². The normalized spacial score (nSPS) is 20.6. The summed E-state index contributed by atoms with van der Waals surface area (Å²) in [6, 6.07) is 7.69. The first-order chi connectivity index (χ1) is 10.7. The average Bonchev–Trinajstić information content (AvgIpc) is 2.52. The quantitative estimate of drug-likeness (QED) is 0.591. The highest BCUT2D eigenvalue weighted by atomic mass is 35.5. The van der Waals surface area contributed by atoms with E-state index in [2.05, 4.69) is 12.2 Å². The second-order valence-corrected chi connectivity index (χ2v) is 6.22. The van der Waals surface area contributed by atoms with Gasteiger partial charge in [0.25, 0.3) is 0 Å². The minimum Gasteiger partial charge on any atom is -0.399 e. The Morgan fingerprint density at radius 2 is 2.04 bits per heavy atom. The molecular formula is C18H29ClN2O2. The molecule has 2 atom stereocenters. The fourth-order valence-corrected chi connectivity index (χ4v) is 3.03. The van der Waals surface area contributed by atoms with Crippen LogP contribution in [0.15, 0.2) is 24.3 Å². The van der Waals surface area contributed by atoms with E-state index in [4.69, 9.17) is 10.5 Å². The molecule has 3 N–H and O–H groups in total. The van der Waals surface area contributed by atoms with Crippen LogP contribution in [0.5, 0.6) is 0 Å². The van der Waals surface area contributed by atoms with Crippen molar-refractivity contribution in [3.05, 3.63) is 29.8 Å². The highest BCUT2D eigenvalue weighted by molar-refractivity contribution is 5.85. The summed E-state index contributed by atoms with van der Waals surface area (Å²) < 4.78 is 5.89. The van der Waals surface area contributed by atoms with Crippen LogP contribution in [0.4, 0.5) is 5.69 Å². The Kier molecular flexibility index (Phi) is 9.03. The Labute approximate surface area is 145 Å². The molecule has 0 bridgehead atoms. The molecule has 1 aromatic carbocycles. The van der Waals surface area contributed by atoms with Gasteiger partial charge in [-0.05, 0) is 36.8 Å². The molecule has 0 aliphatic heterocycles. The van der Waals surface area contributed by atoms with Crippen LogP contribution in [0.25, 0.3) is 0 Å². The van der Waals surface area contributed by atoms with Crippen LogP contribution in [0.1, 0.15) is 44.6 Å². The van der Waals surface area contributed by atoms with Crippen molar-refractivity contribution in [2.75, 3.05) is 18.9 Å². The number of rotatable bonds is 7. The summed E-state index contributed by atoms with van der Waals surface area (Å²) in [6.45, 7) is 3.45. The molecule has 1 aliphatic carbocycles. The van der Waals surface area contributed by atoms with Gasteiger partial charge in [0.05, 0.1) is 12.7 Å². The molecule has 2 unspecified atom stereocenters. The predicted octanol–water partition coefficient (Wildman–Crippen LogP) is 3.33. The molecule has 0 heterocycles. The van der Waals surface area contributed by atoms with Crippen LogP contribution < -0.4 is 11.1 Å². The number of nitrogens with two attached hydrogens (primary N) is 1. The molecule has 23 heavy (non-hydrogen) atoms. The van der Waals surface area contributed by atoms with E-state index < -0.39 is 0 Å². The Balaban J connectivity index is 0.00000264. The number of carbonyl (C=O) groups excluding carboxylic acids is 1. The molecule has 4 nitrogen and oxygen atoms in total. The number of benzene rings is 1. The Morgan fingerprint density at radius 1 is 1.30 bits per heavy atom. The van der Waals surface area contributed by atoms with Crippen LogP contribution in [-0.2, 0) is 16.0 Å². The summed E-state index contributed by atoms with van der Waals surface area (Å²) in [5.41, 5.74) is 7.66. The summed E-state index contributed by atoms with van der Waals surface area (Å²) in [7, 11) is 0. The van der Waals surface area contributed by atoms with Gasteiger partial charge in [-0.2, -0.15) is 0 Å². The number of ether oxygens (including phenoxy) is 1. The molecule has 2 rings (SSSR count). The molecule has 1 aliphatic rings. The largest absolute Gasteiger partial charge is 0.399 e. The third kappa shape index (κ3) is 6.80. The van der Waals surface area contributed by atoms with Crippen molar-refractivity contribution in [3.8, 4) is 0 Å². The first-order valence-corrected chi connectivity index (χ1v) is 8.38. The molecule has 1 saturated carbocycles. The average molecular weight is 341 g/mol. The summed E-state index contributed by atoms with van der Waals surface area (Å²) in [5.74, 6) is 0.703. The first kappa shape index (κ1) is 19.8. The number of nitrogen functional groups attached to an aromatic ring is 1. The fourth-order valence-electron chi connectivity index (χ4n) is 3.03. The molecule has 5 heteroatoms. The summed E-state index contributed by atoms with van der Waals surface area (Å²) in [6.07, 6.45) is 6.51. The van der Waals surface area contributed by atoms with E-state index in [1.807, 2.05) is 24.3 Å². The number of hydrogen-bond acceptors (Lipinski definition) is 3. The van der Waals surface area contributed by atoms with Crippen molar-refractivity contribution >= 4 is 24.0 Å². The molecule has 0 spiro atoms. The smallest absolute Gasteiger partial charge is 0.220 e. The van der Waals surface area contributed by atoms with E-state index in [-0.39, 0.29) is 18.3 Å². The summed E-state index contributed by atoms with van der Waals surface area (Å²) in [4.78, 5) is 11.8. The molecule has 0 aromatic heterocycles. The second kappa shape index (κ2) is 10.5. The highest BCUT2D eigenvalue weighted by Crippen LogP contribution is 2.25. The van der Waals surface area contributed by atoms with Crippen LogP contribution in [0.2, 0.25) is 0 Å². The van der Waals surface area contributed by atoms with Crippen LogP contribution >= 0.6 is 12.4 Å². The van der Waals surface area contributed by atoms with Crippen LogP contribution in [0.3, 0.4) is 0 Å². The second-order valence-electron chi connectivity index (χ2n) is 6.22. The van der Waals surface area contributed by atoms with E-state index in [1.165, 1.54) is 19.3 Å². The van der Waals surface area contributed by atoms with Gasteiger partial charge in [0.1, 0.15) is 0 Å². The molecule has 1 fully saturated rings. The van der Waals surface area contributed by atoms with Gasteiger partial charge in [-0.3, -0.25) is 4.79 Å². The van der Waals surface area contributed by atoms with Crippen molar-refractivity contribution < 1.29 is 9.53 Å². The number of anilines is 1. The number of amides is 1. The molecule has 1 amide bonds. The number of aryl methyl sites for hydroxylation is 1. The van der Waals surface area contributed by atoms with Crippen molar-refractivity contribution in [2.45, 2.75) is 51.6 Å². The van der Waals surface area contributed by atoms with Crippen LogP contribution in [0, 0.1) is 5.92 Å². The number of nitrogens with one attached hydrogen (secondary N) is 1. The fraction of sp³-hybridized carbons (Fsp3) is 0.611. The van der Waals surface area contributed by atoms with Gasteiger partial charge in [0, 0.05) is 18.7 Å². The number of carbonyl (C=O) groups is 1. The van der Waals surface area contributed by atoms with Crippen molar-refractivity contribution in [3.63, 3.8) is 0 Å². The zero-order chi connectivity index (χ0) is 15.8. The van der Waals surface area contributed by atoms with Gasteiger partial charge >= 0.3 is 0 Å². The standard InChI is InChI=1S/C18H28N2O2.ClH/c1-14-6-2-5-9-17(14)22-13-12-20-18(21)11-10-15-7-3-4-8-16(15)19;/h3-4,7-8,14,17H,2,5-6,9-13,19H2,1H3,(H,20,21);1H. The lowest BCUT2D eigenvalue weighted by Gasteiger charge is -2.28. The molecule has 1 aromatic rings. The monoisotopic (exact) mass is 340 g/mol. The van der Waals surface area contributed by atoms with Crippen molar-refractivity contribution in [2.24, 2.45) is 5.92 Å². The molecular weight excluding hydrogens is 312 g/mol. The van der Waals surface area contributed by atoms with E-state index in [0.717, 1.165) is 17.7 Å². The molecule has 0 radical (unpaired) electrons. The van der Waals surface area contributed by atoms with Gasteiger partial charge in [-0.1, -0.05) is 38.0 Å².